The van der Waals surface area contributed by atoms with Crippen molar-refractivity contribution < 1.29 is 19.4 Å². The van der Waals surface area contributed by atoms with Gasteiger partial charge in [-0.05, 0) is 32.0 Å². The van der Waals surface area contributed by atoms with E-state index >= 15 is 0 Å². The normalized spacial score (nSPS) is 30.4. The van der Waals surface area contributed by atoms with Crippen molar-refractivity contribution in [3.63, 3.8) is 0 Å². The average molecular weight is 367 g/mol. The van der Waals surface area contributed by atoms with Crippen molar-refractivity contribution in [1.29, 1.82) is 0 Å². The lowest BCUT2D eigenvalue weighted by Crippen LogP contribution is -2.46. The maximum absolute atomic E-state index is 13.2. The second-order valence-electron chi connectivity index (χ2n) is 6.90. The summed E-state index contributed by atoms with van der Waals surface area (Å²) in [7, 11) is 1.76. The third-order valence-corrected chi connectivity index (χ3v) is 5.86. The zero-order valence-electron chi connectivity index (χ0n) is 14.4. The van der Waals surface area contributed by atoms with E-state index in [9.17, 15) is 14.7 Å². The van der Waals surface area contributed by atoms with Gasteiger partial charge in [0.15, 0.2) is 0 Å². The number of carbonyl (C=O) groups excluding carboxylic acids is 1. The van der Waals surface area contributed by atoms with E-state index < -0.39 is 17.4 Å². The lowest BCUT2D eigenvalue weighted by molar-refractivity contribution is -0.148. The van der Waals surface area contributed by atoms with Crippen LogP contribution in [0.2, 0.25) is 5.02 Å². The van der Waals surface area contributed by atoms with Crippen LogP contribution in [0, 0.1) is 5.92 Å². The van der Waals surface area contributed by atoms with Crippen molar-refractivity contribution in [2.45, 2.75) is 24.9 Å². The van der Waals surface area contributed by atoms with Gasteiger partial charge in [0.25, 0.3) is 0 Å². The standard InChI is InChI=1S/C18H23ClN2O4/c1-18(17(23)24)11-13(16(22)21-7-9-25-10-8-21)15(20(18)2)12-5-3-4-6-14(12)19/h3-6,13,15H,7-11H2,1-2H3,(H,23,24)/t13?,15?,18-/m0/s1. The average Bonchev–Trinajstić information content (AvgIpc) is 2.88. The van der Waals surface area contributed by atoms with Gasteiger partial charge in [-0.3, -0.25) is 14.5 Å². The predicted molar refractivity (Wildman–Crippen MR) is 93.5 cm³/mol. The minimum Gasteiger partial charge on any atom is -0.480 e. The number of rotatable bonds is 3. The molecule has 1 N–H and O–H groups in total. The van der Waals surface area contributed by atoms with E-state index in [1.54, 1.807) is 29.8 Å². The number of aliphatic carboxylic acids is 1. The molecule has 0 aromatic heterocycles. The third-order valence-electron chi connectivity index (χ3n) is 5.52. The molecule has 3 atom stereocenters. The first-order valence-electron chi connectivity index (χ1n) is 8.43. The second-order valence-corrected chi connectivity index (χ2v) is 7.31. The van der Waals surface area contributed by atoms with Crippen LogP contribution in [-0.2, 0) is 14.3 Å². The van der Waals surface area contributed by atoms with E-state index in [-0.39, 0.29) is 18.4 Å². The van der Waals surface area contributed by atoms with Gasteiger partial charge in [0.2, 0.25) is 5.91 Å². The molecule has 25 heavy (non-hydrogen) atoms. The molecule has 0 bridgehead atoms. The summed E-state index contributed by atoms with van der Waals surface area (Å²) in [4.78, 5) is 28.6. The van der Waals surface area contributed by atoms with Crippen LogP contribution in [-0.4, -0.2) is 65.7 Å². The topological polar surface area (TPSA) is 70.1 Å². The van der Waals surface area contributed by atoms with Crippen molar-refractivity contribution in [2.75, 3.05) is 33.4 Å². The monoisotopic (exact) mass is 366 g/mol. The van der Waals surface area contributed by atoms with Gasteiger partial charge in [-0.25, -0.2) is 0 Å². The molecule has 136 valence electrons. The zero-order valence-corrected chi connectivity index (χ0v) is 15.2. The molecule has 2 saturated heterocycles. The first-order valence-corrected chi connectivity index (χ1v) is 8.81. The van der Waals surface area contributed by atoms with Crippen molar-refractivity contribution in [2.24, 2.45) is 5.92 Å². The Balaban J connectivity index is 1.99. The van der Waals surface area contributed by atoms with E-state index in [1.807, 2.05) is 18.2 Å². The number of ether oxygens (including phenoxy) is 1. The summed E-state index contributed by atoms with van der Waals surface area (Å²) in [6.45, 7) is 3.78. The Morgan fingerprint density at radius 3 is 2.52 bits per heavy atom. The fourth-order valence-corrected chi connectivity index (χ4v) is 4.13. The number of amides is 1. The molecule has 0 spiro atoms. The highest BCUT2D eigenvalue weighted by molar-refractivity contribution is 6.31. The molecule has 0 radical (unpaired) electrons. The summed E-state index contributed by atoms with van der Waals surface area (Å²) in [6, 6.07) is 6.97. The van der Waals surface area contributed by atoms with E-state index in [4.69, 9.17) is 16.3 Å². The number of hydrogen-bond acceptors (Lipinski definition) is 4. The van der Waals surface area contributed by atoms with Crippen LogP contribution in [0.5, 0.6) is 0 Å². The number of carboxylic acids is 1. The largest absolute Gasteiger partial charge is 0.480 e. The third kappa shape index (κ3) is 3.14. The van der Waals surface area contributed by atoms with Gasteiger partial charge in [-0.15, -0.1) is 0 Å². The summed E-state index contributed by atoms with van der Waals surface area (Å²) in [6.07, 6.45) is 0.255. The van der Waals surface area contributed by atoms with Gasteiger partial charge in [0.05, 0.1) is 19.1 Å². The van der Waals surface area contributed by atoms with Crippen molar-refractivity contribution in [3.05, 3.63) is 34.9 Å². The minimum absolute atomic E-state index is 0.0231. The number of nitrogens with zero attached hydrogens (tertiary/aromatic N) is 2. The predicted octanol–water partition coefficient (Wildman–Crippen LogP) is 2.03. The van der Waals surface area contributed by atoms with Crippen LogP contribution in [0.1, 0.15) is 24.9 Å². The highest BCUT2D eigenvalue weighted by Gasteiger charge is 2.55. The molecule has 1 aromatic carbocycles. The van der Waals surface area contributed by atoms with Gasteiger partial charge in [-0.1, -0.05) is 29.8 Å². The van der Waals surface area contributed by atoms with E-state index in [0.29, 0.717) is 31.3 Å². The SMILES string of the molecule is CN1C(c2ccccc2Cl)C(C(=O)N2CCOCC2)C[C@@]1(C)C(=O)O. The summed E-state index contributed by atoms with van der Waals surface area (Å²) in [5.74, 6) is -1.40. The number of hydrogen-bond donors (Lipinski definition) is 1. The van der Waals surface area contributed by atoms with Gasteiger partial charge in [0, 0.05) is 24.2 Å². The molecular weight excluding hydrogens is 344 g/mol. The van der Waals surface area contributed by atoms with Crippen molar-refractivity contribution in [3.8, 4) is 0 Å². The number of morpholine rings is 1. The molecule has 7 heteroatoms. The number of carbonyl (C=O) groups is 2. The molecule has 2 unspecified atom stereocenters. The van der Waals surface area contributed by atoms with Crippen molar-refractivity contribution in [1.82, 2.24) is 9.80 Å². The van der Waals surface area contributed by atoms with E-state index in [2.05, 4.69) is 0 Å². The Hall–Kier alpha value is -1.63. The van der Waals surface area contributed by atoms with E-state index in [0.717, 1.165) is 5.56 Å². The van der Waals surface area contributed by atoms with Crippen LogP contribution < -0.4 is 0 Å². The number of likely N-dealkylation sites (tertiary alicyclic amines) is 1. The molecule has 0 saturated carbocycles. The smallest absolute Gasteiger partial charge is 0.323 e. The van der Waals surface area contributed by atoms with Crippen LogP contribution in [0.15, 0.2) is 24.3 Å². The number of likely N-dealkylation sites (N-methyl/N-ethyl adjacent to an activating group) is 1. The Morgan fingerprint density at radius 2 is 1.92 bits per heavy atom. The Labute approximate surface area is 152 Å². The molecule has 1 amide bonds. The zero-order chi connectivity index (χ0) is 18.2. The van der Waals surface area contributed by atoms with Gasteiger partial charge in [-0.2, -0.15) is 0 Å². The molecule has 3 rings (SSSR count). The quantitative estimate of drug-likeness (QED) is 0.886. The molecule has 2 heterocycles. The van der Waals surface area contributed by atoms with Crippen LogP contribution >= 0.6 is 11.6 Å². The summed E-state index contributed by atoms with van der Waals surface area (Å²) in [5.41, 5.74) is -0.320. The Kier molecular flexibility index (Phi) is 5.04. The first kappa shape index (κ1) is 18.2. The molecular formula is C18H23ClN2O4. The molecule has 2 aliphatic heterocycles. The molecule has 1 aromatic rings. The Bertz CT molecular complexity index is 677. The second kappa shape index (κ2) is 6.94. The number of benzene rings is 1. The summed E-state index contributed by atoms with van der Waals surface area (Å²) < 4.78 is 5.32. The molecule has 2 aliphatic rings. The maximum atomic E-state index is 13.2. The van der Waals surface area contributed by atoms with Crippen LogP contribution in [0.3, 0.4) is 0 Å². The number of carboxylic acid groups (broad SMARTS) is 1. The van der Waals surface area contributed by atoms with Gasteiger partial charge >= 0.3 is 5.97 Å². The highest BCUT2D eigenvalue weighted by atomic mass is 35.5. The highest BCUT2D eigenvalue weighted by Crippen LogP contribution is 2.48. The lowest BCUT2D eigenvalue weighted by Gasteiger charge is -2.34. The molecule has 0 aliphatic carbocycles. The Morgan fingerprint density at radius 1 is 1.28 bits per heavy atom. The van der Waals surface area contributed by atoms with Crippen LogP contribution in [0.25, 0.3) is 0 Å². The fraction of sp³-hybridized carbons (Fsp3) is 0.556. The first-order chi connectivity index (χ1) is 11.9. The minimum atomic E-state index is -1.11. The molecule has 2 fully saturated rings. The summed E-state index contributed by atoms with van der Waals surface area (Å²) in [5, 5.41) is 10.3. The van der Waals surface area contributed by atoms with E-state index in [1.165, 1.54) is 0 Å². The maximum Gasteiger partial charge on any atom is 0.323 e. The molecule has 6 nitrogen and oxygen atoms in total. The number of halogens is 1. The van der Waals surface area contributed by atoms with Gasteiger partial charge in [0.1, 0.15) is 5.54 Å². The summed E-state index contributed by atoms with van der Waals surface area (Å²) >= 11 is 6.38. The van der Waals surface area contributed by atoms with Crippen LogP contribution in [0.4, 0.5) is 0 Å². The fourth-order valence-electron chi connectivity index (χ4n) is 3.88. The lowest BCUT2D eigenvalue weighted by atomic mass is 9.89. The van der Waals surface area contributed by atoms with Gasteiger partial charge < -0.3 is 14.7 Å². The van der Waals surface area contributed by atoms with Crippen molar-refractivity contribution >= 4 is 23.5 Å².